The van der Waals surface area contributed by atoms with Gasteiger partial charge in [0.05, 0.1) is 11.1 Å². The molecule has 0 amide bonds. The fraction of sp³-hybridized carbons (Fsp3) is 0.0667. The lowest BCUT2D eigenvalue weighted by Gasteiger charge is -2.35. The van der Waals surface area contributed by atoms with Crippen molar-refractivity contribution in [1.82, 2.24) is 0 Å². The molecule has 0 bridgehead atoms. The van der Waals surface area contributed by atoms with E-state index in [1.54, 1.807) is 0 Å². The molecule has 0 unspecified atom stereocenters. The Bertz CT molecular complexity index is 3290. The van der Waals surface area contributed by atoms with Crippen molar-refractivity contribution in [3.8, 4) is 33.4 Å². The van der Waals surface area contributed by atoms with Gasteiger partial charge in [-0.3, -0.25) is 0 Å². The summed E-state index contributed by atoms with van der Waals surface area (Å²) in [6.45, 7) is 4.83. The zero-order valence-electron chi connectivity index (χ0n) is 34.3. The van der Waals surface area contributed by atoms with Crippen molar-refractivity contribution in [1.29, 1.82) is 0 Å². The smallest absolute Gasteiger partial charge is 0.0714 e. The van der Waals surface area contributed by atoms with Crippen LogP contribution < -0.4 is 4.90 Å². The second-order valence-corrected chi connectivity index (χ2v) is 17.2. The maximum absolute atomic E-state index is 2.54. The lowest BCUT2D eigenvalue weighted by atomic mass is 9.67. The van der Waals surface area contributed by atoms with E-state index in [-0.39, 0.29) is 5.41 Å². The maximum atomic E-state index is 2.54. The summed E-state index contributed by atoms with van der Waals surface area (Å²) in [6, 6.07) is 83.6. The van der Waals surface area contributed by atoms with Gasteiger partial charge in [-0.2, -0.15) is 0 Å². The molecule has 0 aliphatic heterocycles. The molecule has 61 heavy (non-hydrogen) atoms. The molecule has 2 aliphatic rings. The SMILES string of the molecule is CC1(C)c2cccc(N(c3ccc4c(c3)C(c3ccccc3)(c3ccccc3)c3ccccc3-4)c3ccc4ccccc4c3)c2-c2cc(-c3ccccc3)c3ccccc3c21. The molecule has 1 heteroatoms. The Morgan fingerprint density at radius 1 is 0.361 bits per heavy atom. The normalized spacial score (nSPS) is 14.0. The van der Waals surface area contributed by atoms with E-state index in [9.17, 15) is 0 Å². The summed E-state index contributed by atoms with van der Waals surface area (Å²) in [5.74, 6) is 0. The molecule has 12 rings (SSSR count). The first-order valence-corrected chi connectivity index (χ1v) is 21.4. The van der Waals surface area contributed by atoms with E-state index in [0.717, 1.165) is 11.4 Å². The van der Waals surface area contributed by atoms with Crippen LogP contribution in [0, 0.1) is 0 Å². The Morgan fingerprint density at radius 3 is 1.69 bits per heavy atom. The third-order valence-corrected chi connectivity index (χ3v) is 13.7. The van der Waals surface area contributed by atoms with Crippen molar-refractivity contribution in [3.05, 3.63) is 258 Å². The van der Waals surface area contributed by atoms with Gasteiger partial charge in [-0.1, -0.05) is 202 Å². The van der Waals surface area contributed by atoms with Gasteiger partial charge >= 0.3 is 0 Å². The van der Waals surface area contributed by atoms with Crippen LogP contribution in [0.25, 0.3) is 54.9 Å². The zero-order valence-corrected chi connectivity index (χ0v) is 34.3. The first-order valence-electron chi connectivity index (χ1n) is 21.4. The van der Waals surface area contributed by atoms with Crippen molar-refractivity contribution in [2.24, 2.45) is 0 Å². The van der Waals surface area contributed by atoms with Crippen LogP contribution >= 0.6 is 0 Å². The van der Waals surface area contributed by atoms with E-state index in [4.69, 9.17) is 0 Å². The first kappa shape index (κ1) is 35.5. The predicted molar refractivity (Wildman–Crippen MR) is 256 cm³/mol. The quantitative estimate of drug-likeness (QED) is 0.163. The minimum absolute atomic E-state index is 0.236. The molecular formula is C60H43N. The topological polar surface area (TPSA) is 3.24 Å². The van der Waals surface area contributed by atoms with Crippen LogP contribution in [0.2, 0.25) is 0 Å². The number of hydrogen-bond acceptors (Lipinski definition) is 1. The lowest BCUT2D eigenvalue weighted by Crippen LogP contribution is -2.28. The molecule has 0 fully saturated rings. The highest BCUT2D eigenvalue weighted by Crippen LogP contribution is 2.60. The average Bonchev–Trinajstić information content (AvgIpc) is 3.75. The van der Waals surface area contributed by atoms with Gasteiger partial charge in [0.2, 0.25) is 0 Å². The van der Waals surface area contributed by atoms with Gasteiger partial charge in [-0.05, 0) is 119 Å². The summed E-state index contributed by atoms with van der Waals surface area (Å²) in [4.78, 5) is 2.54. The van der Waals surface area contributed by atoms with Gasteiger partial charge in [0.25, 0.3) is 0 Å². The van der Waals surface area contributed by atoms with Crippen molar-refractivity contribution < 1.29 is 0 Å². The molecule has 0 radical (unpaired) electrons. The Balaban J connectivity index is 1.17. The summed E-state index contributed by atoms with van der Waals surface area (Å²) in [7, 11) is 0. The first-order chi connectivity index (χ1) is 30.0. The van der Waals surface area contributed by atoms with Crippen LogP contribution in [0.3, 0.4) is 0 Å². The van der Waals surface area contributed by atoms with E-state index in [1.807, 2.05) is 0 Å². The van der Waals surface area contributed by atoms with Gasteiger partial charge < -0.3 is 4.90 Å². The van der Waals surface area contributed by atoms with Crippen LogP contribution in [0.1, 0.15) is 47.2 Å². The minimum atomic E-state index is -0.518. The molecule has 0 saturated heterocycles. The van der Waals surface area contributed by atoms with Crippen molar-refractivity contribution in [3.63, 3.8) is 0 Å². The third kappa shape index (κ3) is 5.14. The second-order valence-electron chi connectivity index (χ2n) is 17.2. The maximum Gasteiger partial charge on any atom is 0.0714 e. The number of rotatable bonds is 6. The summed E-state index contributed by atoms with van der Waals surface area (Å²) in [5.41, 5.74) is 18.2. The van der Waals surface area contributed by atoms with Gasteiger partial charge in [-0.15, -0.1) is 0 Å². The molecule has 1 nitrogen and oxygen atoms in total. The van der Waals surface area contributed by atoms with Crippen LogP contribution in [0.5, 0.6) is 0 Å². The molecular weight excluding hydrogens is 735 g/mol. The van der Waals surface area contributed by atoms with Gasteiger partial charge in [-0.25, -0.2) is 0 Å². The van der Waals surface area contributed by atoms with Crippen LogP contribution in [0.15, 0.2) is 224 Å². The molecule has 288 valence electrons. The number of fused-ring (bicyclic) bond motifs is 9. The number of benzene rings is 10. The molecule has 0 atom stereocenters. The standard InChI is InChI=1S/C60H43N/c1-59(2)54-31-18-32-56(57(54)52-39-51(41-20-6-3-7-21-41)47-27-14-15-29-50(47)58(52)59)61(45-34-33-40-19-12-13-22-42(40)37-45)46-35-36-49-48-28-16-17-30-53(48)60(55(49)38-46,43-23-8-4-9-24-43)44-25-10-5-11-26-44/h3-39H,1-2H3. The lowest BCUT2D eigenvalue weighted by molar-refractivity contribution is 0.666. The summed E-state index contributed by atoms with van der Waals surface area (Å²) >= 11 is 0. The average molecular weight is 778 g/mol. The van der Waals surface area contributed by atoms with Crippen molar-refractivity contribution >= 4 is 38.6 Å². The number of nitrogens with zero attached hydrogens (tertiary/aromatic N) is 1. The molecule has 0 saturated carbocycles. The Hall–Kier alpha value is -7.48. The predicted octanol–water partition coefficient (Wildman–Crippen LogP) is 15.8. The highest BCUT2D eigenvalue weighted by Gasteiger charge is 2.47. The molecule has 0 spiro atoms. The molecule has 10 aromatic rings. The van der Waals surface area contributed by atoms with Gasteiger partial charge in [0.1, 0.15) is 0 Å². The largest absolute Gasteiger partial charge is 0.310 e. The molecule has 2 aliphatic carbocycles. The van der Waals surface area contributed by atoms with Gasteiger partial charge in [0, 0.05) is 22.4 Å². The molecule has 0 N–H and O–H groups in total. The molecule has 0 aromatic heterocycles. The zero-order chi connectivity index (χ0) is 40.7. The fourth-order valence-corrected chi connectivity index (χ4v) is 11.1. The van der Waals surface area contributed by atoms with E-state index >= 15 is 0 Å². The third-order valence-electron chi connectivity index (χ3n) is 13.7. The van der Waals surface area contributed by atoms with Crippen molar-refractivity contribution in [2.45, 2.75) is 24.7 Å². The van der Waals surface area contributed by atoms with E-state index < -0.39 is 5.41 Å². The van der Waals surface area contributed by atoms with Crippen LogP contribution in [-0.2, 0) is 10.8 Å². The fourth-order valence-electron chi connectivity index (χ4n) is 11.1. The molecule has 0 heterocycles. The summed E-state index contributed by atoms with van der Waals surface area (Å²) < 4.78 is 0. The highest BCUT2D eigenvalue weighted by molar-refractivity contribution is 6.08. The number of anilines is 3. The number of hydrogen-bond donors (Lipinski definition) is 0. The summed E-state index contributed by atoms with van der Waals surface area (Å²) in [5, 5.41) is 5.05. The van der Waals surface area contributed by atoms with Crippen molar-refractivity contribution in [2.75, 3.05) is 4.90 Å². The van der Waals surface area contributed by atoms with E-state index in [2.05, 4.69) is 243 Å². The van der Waals surface area contributed by atoms with Crippen LogP contribution in [0.4, 0.5) is 17.1 Å². The minimum Gasteiger partial charge on any atom is -0.310 e. The Kier molecular flexibility index (Phi) is 7.86. The van der Waals surface area contributed by atoms with E-state index in [1.165, 1.54) is 94.0 Å². The molecule has 10 aromatic carbocycles. The summed E-state index contributed by atoms with van der Waals surface area (Å²) in [6.07, 6.45) is 0. The van der Waals surface area contributed by atoms with Crippen LogP contribution in [-0.4, -0.2) is 0 Å². The monoisotopic (exact) mass is 777 g/mol. The Morgan fingerprint density at radius 2 is 0.934 bits per heavy atom. The van der Waals surface area contributed by atoms with E-state index in [0.29, 0.717) is 0 Å². The second kappa shape index (κ2) is 13.5. The highest BCUT2D eigenvalue weighted by atomic mass is 15.1. The Labute approximate surface area is 357 Å². The van der Waals surface area contributed by atoms with Gasteiger partial charge in [0.15, 0.2) is 0 Å².